The molecule has 0 unspecified atom stereocenters. The molecule has 0 heterocycles. The van der Waals surface area contributed by atoms with Gasteiger partial charge in [-0.15, -0.1) is 0 Å². The number of aliphatic carboxylic acids is 1. The molecule has 18 heavy (non-hydrogen) atoms. The van der Waals surface area contributed by atoms with Crippen molar-refractivity contribution in [3.63, 3.8) is 0 Å². The molecule has 0 atom stereocenters. The molecule has 1 N–H and O–H groups in total. The van der Waals surface area contributed by atoms with Gasteiger partial charge in [-0.2, -0.15) is 0 Å². The predicted octanol–water partition coefficient (Wildman–Crippen LogP) is 3.90. The van der Waals surface area contributed by atoms with E-state index < -0.39 is 5.97 Å². The second-order valence-corrected chi connectivity index (χ2v) is 6.17. The van der Waals surface area contributed by atoms with Gasteiger partial charge < -0.3 is 5.11 Å². The van der Waals surface area contributed by atoms with E-state index >= 15 is 0 Å². The van der Waals surface area contributed by atoms with Gasteiger partial charge in [0, 0.05) is 28.1 Å². The molecule has 1 aromatic carbocycles. The van der Waals surface area contributed by atoms with Crippen LogP contribution in [0.15, 0.2) is 27.1 Å². The summed E-state index contributed by atoms with van der Waals surface area (Å²) in [4.78, 5) is 12.8. The lowest BCUT2D eigenvalue weighted by atomic mass is 10.2. The molecule has 5 heteroatoms. The summed E-state index contributed by atoms with van der Waals surface area (Å²) < 4.78 is 2.04. The SMILES string of the molecule is CC(C)N(CCC(=O)O)Cc1ccc(Br)c(Br)c1. The zero-order chi connectivity index (χ0) is 13.7. The molecule has 0 radical (unpaired) electrons. The number of carbonyl (C=O) groups is 1. The van der Waals surface area contributed by atoms with Gasteiger partial charge >= 0.3 is 5.97 Å². The van der Waals surface area contributed by atoms with Crippen LogP contribution in [-0.4, -0.2) is 28.6 Å². The molecule has 0 aromatic heterocycles. The minimum absolute atomic E-state index is 0.176. The van der Waals surface area contributed by atoms with Crippen molar-refractivity contribution in [1.29, 1.82) is 0 Å². The van der Waals surface area contributed by atoms with E-state index in [-0.39, 0.29) is 6.42 Å². The highest BCUT2D eigenvalue weighted by Gasteiger charge is 2.12. The van der Waals surface area contributed by atoms with Gasteiger partial charge in [0.05, 0.1) is 6.42 Å². The van der Waals surface area contributed by atoms with Crippen LogP contribution in [-0.2, 0) is 11.3 Å². The molecule has 0 saturated carbocycles. The van der Waals surface area contributed by atoms with Crippen LogP contribution < -0.4 is 0 Å². The standard InChI is InChI=1S/C13H17Br2NO2/c1-9(2)16(6-5-13(17)18)8-10-3-4-11(14)12(15)7-10/h3-4,7,9H,5-6,8H2,1-2H3,(H,17,18). The number of hydrogen-bond donors (Lipinski definition) is 1. The Morgan fingerprint density at radius 1 is 1.33 bits per heavy atom. The number of nitrogens with zero attached hydrogens (tertiary/aromatic N) is 1. The van der Waals surface area contributed by atoms with Gasteiger partial charge in [-0.05, 0) is 63.4 Å². The van der Waals surface area contributed by atoms with Crippen molar-refractivity contribution in [2.45, 2.75) is 32.9 Å². The monoisotopic (exact) mass is 377 g/mol. The summed E-state index contributed by atoms with van der Waals surface area (Å²) in [5, 5.41) is 8.75. The molecule has 0 fully saturated rings. The Morgan fingerprint density at radius 2 is 2.00 bits per heavy atom. The van der Waals surface area contributed by atoms with Gasteiger partial charge in [0.15, 0.2) is 0 Å². The minimum Gasteiger partial charge on any atom is -0.481 e. The molecule has 0 aliphatic carbocycles. The number of benzene rings is 1. The van der Waals surface area contributed by atoms with Crippen molar-refractivity contribution in [3.8, 4) is 0 Å². The van der Waals surface area contributed by atoms with E-state index in [1.54, 1.807) is 0 Å². The van der Waals surface area contributed by atoms with Crippen LogP contribution in [0.1, 0.15) is 25.8 Å². The van der Waals surface area contributed by atoms with E-state index in [1.807, 2.05) is 12.1 Å². The first kappa shape index (κ1) is 15.7. The summed E-state index contributed by atoms with van der Waals surface area (Å²) in [5.41, 5.74) is 1.17. The fraction of sp³-hybridized carbons (Fsp3) is 0.462. The van der Waals surface area contributed by atoms with E-state index in [1.165, 1.54) is 5.56 Å². The van der Waals surface area contributed by atoms with Crippen LogP contribution in [0.2, 0.25) is 0 Å². The molecule has 1 aromatic rings. The number of carboxylic acids is 1. The molecule has 0 aliphatic heterocycles. The highest BCUT2D eigenvalue weighted by molar-refractivity contribution is 9.13. The highest BCUT2D eigenvalue weighted by atomic mass is 79.9. The largest absolute Gasteiger partial charge is 0.481 e. The van der Waals surface area contributed by atoms with Crippen LogP contribution in [0.3, 0.4) is 0 Å². The van der Waals surface area contributed by atoms with Crippen LogP contribution in [0.25, 0.3) is 0 Å². The molecule has 0 saturated heterocycles. The van der Waals surface area contributed by atoms with Crippen molar-refractivity contribution >= 4 is 37.8 Å². The Kier molecular flexibility index (Phi) is 6.32. The first-order chi connectivity index (χ1) is 8.40. The smallest absolute Gasteiger partial charge is 0.304 e. The Morgan fingerprint density at radius 3 is 2.50 bits per heavy atom. The average molecular weight is 379 g/mol. The third kappa shape index (κ3) is 5.08. The summed E-state index contributed by atoms with van der Waals surface area (Å²) in [6.45, 7) is 5.49. The van der Waals surface area contributed by atoms with E-state index in [0.29, 0.717) is 12.6 Å². The van der Waals surface area contributed by atoms with Crippen molar-refractivity contribution in [2.75, 3.05) is 6.54 Å². The van der Waals surface area contributed by atoms with Crippen LogP contribution >= 0.6 is 31.9 Å². The first-order valence-corrected chi connectivity index (χ1v) is 7.38. The van der Waals surface area contributed by atoms with Gasteiger partial charge in [0.2, 0.25) is 0 Å². The Hall–Kier alpha value is -0.390. The maximum absolute atomic E-state index is 10.6. The zero-order valence-electron chi connectivity index (χ0n) is 10.5. The van der Waals surface area contributed by atoms with Gasteiger partial charge in [-0.3, -0.25) is 9.69 Å². The maximum Gasteiger partial charge on any atom is 0.304 e. The van der Waals surface area contributed by atoms with Crippen molar-refractivity contribution in [1.82, 2.24) is 4.90 Å². The Balaban J connectivity index is 2.70. The summed E-state index contributed by atoms with van der Waals surface area (Å²) >= 11 is 6.91. The number of carboxylic acid groups (broad SMARTS) is 1. The Bertz CT molecular complexity index is 421. The third-order valence-electron chi connectivity index (χ3n) is 2.71. The molecule has 0 aliphatic rings. The van der Waals surface area contributed by atoms with Crippen LogP contribution in [0, 0.1) is 0 Å². The van der Waals surface area contributed by atoms with Gasteiger partial charge in [0.1, 0.15) is 0 Å². The Labute approximate surface area is 124 Å². The van der Waals surface area contributed by atoms with Gasteiger partial charge in [-0.25, -0.2) is 0 Å². The fourth-order valence-electron chi connectivity index (χ4n) is 1.63. The summed E-state index contributed by atoms with van der Waals surface area (Å²) in [5.74, 6) is -0.752. The molecule has 100 valence electrons. The number of halogens is 2. The van der Waals surface area contributed by atoms with E-state index in [9.17, 15) is 4.79 Å². The molecule has 0 bridgehead atoms. The summed E-state index contributed by atoms with van der Waals surface area (Å²) in [6.07, 6.45) is 0.176. The lowest BCUT2D eigenvalue weighted by molar-refractivity contribution is -0.137. The topological polar surface area (TPSA) is 40.5 Å². The van der Waals surface area contributed by atoms with Crippen molar-refractivity contribution in [2.24, 2.45) is 0 Å². The number of rotatable bonds is 6. The minimum atomic E-state index is -0.752. The second kappa shape index (κ2) is 7.26. The van der Waals surface area contributed by atoms with E-state index in [2.05, 4.69) is 56.7 Å². The molecule has 0 spiro atoms. The second-order valence-electron chi connectivity index (χ2n) is 4.46. The molecule has 3 nitrogen and oxygen atoms in total. The zero-order valence-corrected chi connectivity index (χ0v) is 13.7. The van der Waals surface area contributed by atoms with Crippen molar-refractivity contribution in [3.05, 3.63) is 32.7 Å². The van der Waals surface area contributed by atoms with Crippen molar-refractivity contribution < 1.29 is 9.90 Å². The molecule has 0 amide bonds. The van der Waals surface area contributed by atoms with E-state index in [4.69, 9.17) is 5.11 Å². The first-order valence-electron chi connectivity index (χ1n) is 5.80. The van der Waals surface area contributed by atoms with E-state index in [0.717, 1.165) is 15.5 Å². The maximum atomic E-state index is 10.6. The normalized spacial score (nSPS) is 11.2. The van der Waals surface area contributed by atoms with Crippen LogP contribution in [0.4, 0.5) is 0 Å². The molecule has 1 rings (SSSR count). The average Bonchev–Trinajstić information content (AvgIpc) is 2.28. The van der Waals surface area contributed by atoms with Gasteiger partial charge in [-0.1, -0.05) is 6.07 Å². The predicted molar refractivity (Wildman–Crippen MR) is 79.6 cm³/mol. The fourth-order valence-corrected chi connectivity index (χ4v) is 2.30. The summed E-state index contributed by atoms with van der Waals surface area (Å²) in [6, 6.07) is 6.42. The third-order valence-corrected chi connectivity index (χ3v) is 4.59. The number of hydrogen-bond acceptors (Lipinski definition) is 2. The summed E-state index contributed by atoms with van der Waals surface area (Å²) in [7, 11) is 0. The van der Waals surface area contributed by atoms with Crippen LogP contribution in [0.5, 0.6) is 0 Å². The lowest BCUT2D eigenvalue weighted by Gasteiger charge is -2.26. The lowest BCUT2D eigenvalue weighted by Crippen LogP contribution is -2.32. The molecular formula is C13H17Br2NO2. The quantitative estimate of drug-likeness (QED) is 0.816. The highest BCUT2D eigenvalue weighted by Crippen LogP contribution is 2.24. The molecular weight excluding hydrogens is 362 g/mol. The van der Waals surface area contributed by atoms with Gasteiger partial charge in [0.25, 0.3) is 0 Å².